The van der Waals surface area contributed by atoms with E-state index in [1.807, 2.05) is 18.2 Å². The molecule has 0 radical (unpaired) electrons. The van der Waals surface area contributed by atoms with Gasteiger partial charge >= 0.3 is 0 Å². The van der Waals surface area contributed by atoms with Crippen LogP contribution in [0.1, 0.15) is 46.0 Å². The van der Waals surface area contributed by atoms with Crippen LogP contribution in [-0.4, -0.2) is 10.7 Å². The van der Waals surface area contributed by atoms with Gasteiger partial charge in [-0.25, -0.2) is 0 Å². The molecule has 0 aliphatic rings. The molecule has 0 aliphatic heterocycles. The van der Waals surface area contributed by atoms with Gasteiger partial charge in [0.05, 0.1) is 5.60 Å². The summed E-state index contributed by atoms with van der Waals surface area (Å²) in [5.74, 6) is 0. The maximum Gasteiger partial charge on any atom is 0.0836 e. The Labute approximate surface area is 94.2 Å². The monoisotopic (exact) mass is 208 g/mol. The molecular weight excluding hydrogens is 184 g/mol. The summed E-state index contributed by atoms with van der Waals surface area (Å²) in [4.78, 5) is 0. The molecule has 15 heavy (non-hydrogen) atoms. The van der Waals surface area contributed by atoms with Gasteiger partial charge in [-0.2, -0.15) is 0 Å². The van der Waals surface area contributed by atoms with Gasteiger partial charge in [0.2, 0.25) is 0 Å². The van der Waals surface area contributed by atoms with E-state index in [9.17, 15) is 5.11 Å². The van der Waals surface area contributed by atoms with Crippen molar-refractivity contribution in [3.8, 4) is 0 Å². The highest BCUT2D eigenvalue weighted by Crippen LogP contribution is 2.11. The van der Waals surface area contributed by atoms with Crippen molar-refractivity contribution < 1.29 is 5.11 Å². The second kappa shape index (κ2) is 8.49. The van der Waals surface area contributed by atoms with Gasteiger partial charge in [0.1, 0.15) is 0 Å². The Hall–Kier alpha value is -0.820. The lowest BCUT2D eigenvalue weighted by Crippen LogP contribution is -2.18. The lowest BCUT2D eigenvalue weighted by molar-refractivity contribution is 0.115. The average molecular weight is 208 g/mol. The maximum atomic E-state index is 9.76. The van der Waals surface area contributed by atoms with Crippen LogP contribution in [0.3, 0.4) is 0 Å². The summed E-state index contributed by atoms with van der Waals surface area (Å²) in [6.45, 7) is 7.60. The number of allylic oxidation sites excluding steroid dienone is 3. The van der Waals surface area contributed by atoms with Gasteiger partial charge in [0, 0.05) is 0 Å². The summed E-state index contributed by atoms with van der Waals surface area (Å²) in [6, 6.07) is 0. The Morgan fingerprint density at radius 3 is 2.60 bits per heavy atom. The van der Waals surface area contributed by atoms with Crippen LogP contribution >= 0.6 is 0 Å². The average Bonchev–Trinajstić information content (AvgIpc) is 2.16. The van der Waals surface area contributed by atoms with Gasteiger partial charge in [-0.05, 0) is 26.2 Å². The molecule has 0 aromatic carbocycles. The molecule has 1 heteroatoms. The zero-order chi connectivity index (χ0) is 11.6. The van der Waals surface area contributed by atoms with Gasteiger partial charge in [-0.1, -0.05) is 50.1 Å². The van der Waals surface area contributed by atoms with Gasteiger partial charge in [-0.3, -0.25) is 0 Å². The minimum absolute atomic E-state index is 0.590. The molecule has 0 saturated heterocycles. The summed E-state index contributed by atoms with van der Waals surface area (Å²) in [7, 11) is 0. The summed E-state index contributed by atoms with van der Waals surface area (Å²) in [5.41, 5.74) is -0.754. The van der Waals surface area contributed by atoms with Crippen LogP contribution in [-0.2, 0) is 0 Å². The third-order valence-electron chi connectivity index (χ3n) is 2.23. The summed E-state index contributed by atoms with van der Waals surface area (Å²) in [6.07, 6.45) is 15.1. The fourth-order valence-corrected chi connectivity index (χ4v) is 1.31. The molecule has 0 bridgehead atoms. The molecule has 0 fully saturated rings. The van der Waals surface area contributed by atoms with Gasteiger partial charge in [-0.15, -0.1) is 6.58 Å². The molecule has 0 aliphatic carbocycles. The molecule has 86 valence electrons. The first-order valence-corrected chi connectivity index (χ1v) is 5.80. The minimum atomic E-state index is -0.754. The molecule has 0 heterocycles. The predicted molar refractivity (Wildman–Crippen MR) is 67.9 cm³/mol. The summed E-state index contributed by atoms with van der Waals surface area (Å²) < 4.78 is 0. The van der Waals surface area contributed by atoms with E-state index in [-0.39, 0.29) is 0 Å². The topological polar surface area (TPSA) is 20.2 Å². The minimum Gasteiger partial charge on any atom is -0.386 e. The Balaban J connectivity index is 3.72. The number of hydrogen-bond acceptors (Lipinski definition) is 1. The maximum absolute atomic E-state index is 9.76. The Kier molecular flexibility index (Phi) is 8.02. The van der Waals surface area contributed by atoms with E-state index in [2.05, 4.69) is 19.6 Å². The van der Waals surface area contributed by atoms with Crippen molar-refractivity contribution in [3.05, 3.63) is 37.0 Å². The zero-order valence-corrected chi connectivity index (χ0v) is 10.1. The fraction of sp³-hybridized carbons (Fsp3) is 0.571. The molecule has 0 saturated carbocycles. The number of rotatable bonds is 8. The Bertz CT molecular complexity index is 211. The Morgan fingerprint density at radius 2 is 2.00 bits per heavy atom. The fourth-order valence-electron chi connectivity index (χ4n) is 1.31. The molecule has 1 unspecified atom stereocenters. The van der Waals surface area contributed by atoms with Crippen LogP contribution in [0.25, 0.3) is 0 Å². The SMILES string of the molecule is C=CCC(C)(O)/C=C/C=C/CCCCC. The van der Waals surface area contributed by atoms with Crippen LogP contribution in [0.2, 0.25) is 0 Å². The van der Waals surface area contributed by atoms with Crippen LogP contribution in [0, 0.1) is 0 Å². The highest BCUT2D eigenvalue weighted by molar-refractivity contribution is 5.10. The molecule has 0 rings (SSSR count). The number of hydrogen-bond donors (Lipinski definition) is 1. The second-order valence-corrected chi connectivity index (χ2v) is 4.13. The molecule has 1 N–H and O–H groups in total. The summed E-state index contributed by atoms with van der Waals surface area (Å²) >= 11 is 0. The highest BCUT2D eigenvalue weighted by atomic mass is 16.3. The standard InChI is InChI=1S/C14H24O/c1-4-6-7-8-9-10-11-13-14(3,15)12-5-2/h5,9-11,13,15H,2,4,6-8,12H2,1,3H3/b10-9+,13-11+. The van der Waals surface area contributed by atoms with Crippen LogP contribution in [0.4, 0.5) is 0 Å². The normalized spacial score (nSPS) is 15.9. The van der Waals surface area contributed by atoms with Crippen molar-refractivity contribution in [2.45, 2.75) is 51.6 Å². The molecule has 0 aromatic heterocycles. The molecule has 0 spiro atoms. The van der Waals surface area contributed by atoms with E-state index >= 15 is 0 Å². The van der Waals surface area contributed by atoms with Crippen molar-refractivity contribution in [3.63, 3.8) is 0 Å². The van der Waals surface area contributed by atoms with Crippen LogP contribution in [0.5, 0.6) is 0 Å². The number of unbranched alkanes of at least 4 members (excludes halogenated alkanes) is 3. The van der Waals surface area contributed by atoms with Crippen molar-refractivity contribution in [2.24, 2.45) is 0 Å². The molecule has 1 atom stereocenters. The van der Waals surface area contributed by atoms with Crippen LogP contribution in [0.15, 0.2) is 37.0 Å². The van der Waals surface area contributed by atoms with Crippen molar-refractivity contribution >= 4 is 0 Å². The highest BCUT2D eigenvalue weighted by Gasteiger charge is 2.12. The van der Waals surface area contributed by atoms with E-state index in [1.54, 1.807) is 13.0 Å². The van der Waals surface area contributed by atoms with Crippen molar-refractivity contribution in [1.29, 1.82) is 0 Å². The third kappa shape index (κ3) is 9.48. The van der Waals surface area contributed by atoms with E-state index in [0.29, 0.717) is 6.42 Å². The van der Waals surface area contributed by atoms with Crippen molar-refractivity contribution in [1.82, 2.24) is 0 Å². The lowest BCUT2D eigenvalue weighted by atomic mass is 10.0. The summed E-state index contributed by atoms with van der Waals surface area (Å²) in [5, 5.41) is 9.76. The van der Waals surface area contributed by atoms with E-state index in [1.165, 1.54) is 19.3 Å². The predicted octanol–water partition coefficient (Wildman–Crippen LogP) is 4.01. The molecule has 1 nitrogen and oxygen atoms in total. The molecule has 0 aromatic rings. The van der Waals surface area contributed by atoms with Crippen molar-refractivity contribution in [2.75, 3.05) is 0 Å². The van der Waals surface area contributed by atoms with E-state index < -0.39 is 5.60 Å². The van der Waals surface area contributed by atoms with Gasteiger partial charge in [0.15, 0.2) is 0 Å². The largest absolute Gasteiger partial charge is 0.386 e. The van der Waals surface area contributed by atoms with Crippen LogP contribution < -0.4 is 0 Å². The smallest absolute Gasteiger partial charge is 0.0836 e. The molecular formula is C14H24O. The van der Waals surface area contributed by atoms with Gasteiger partial charge < -0.3 is 5.11 Å². The first-order valence-electron chi connectivity index (χ1n) is 5.80. The van der Waals surface area contributed by atoms with E-state index in [4.69, 9.17) is 0 Å². The molecule has 0 amide bonds. The first-order chi connectivity index (χ1) is 7.12. The lowest BCUT2D eigenvalue weighted by Gasteiger charge is -2.15. The van der Waals surface area contributed by atoms with Gasteiger partial charge in [0.25, 0.3) is 0 Å². The Morgan fingerprint density at radius 1 is 1.27 bits per heavy atom. The van der Waals surface area contributed by atoms with E-state index in [0.717, 1.165) is 6.42 Å². The quantitative estimate of drug-likeness (QED) is 0.363. The second-order valence-electron chi connectivity index (χ2n) is 4.13. The first kappa shape index (κ1) is 14.2. The zero-order valence-electron chi connectivity index (χ0n) is 10.1. The number of aliphatic hydroxyl groups is 1. The third-order valence-corrected chi connectivity index (χ3v) is 2.23.